The van der Waals surface area contributed by atoms with Gasteiger partial charge in [-0.25, -0.2) is 0 Å². The lowest BCUT2D eigenvalue weighted by Crippen LogP contribution is -2.27. The molecule has 0 radical (unpaired) electrons. The molecule has 13 heavy (non-hydrogen) atoms. The Labute approximate surface area is 80.1 Å². The molecule has 0 fully saturated rings. The Bertz CT molecular complexity index is 242. The lowest BCUT2D eigenvalue weighted by Gasteiger charge is -2.12. The van der Waals surface area contributed by atoms with E-state index >= 15 is 0 Å². The van der Waals surface area contributed by atoms with Gasteiger partial charge in [-0.2, -0.15) is 5.10 Å². The number of aryl methyl sites for hydroxylation is 1. The first-order valence-electron chi connectivity index (χ1n) is 4.92. The normalized spacial score (nSPS) is 13.2. The highest BCUT2D eigenvalue weighted by Crippen LogP contribution is 2.04. The Morgan fingerprint density at radius 1 is 1.62 bits per heavy atom. The van der Waals surface area contributed by atoms with Crippen LogP contribution in [0.4, 0.5) is 0 Å². The van der Waals surface area contributed by atoms with E-state index in [1.54, 1.807) is 0 Å². The second-order valence-corrected chi connectivity index (χ2v) is 3.46. The summed E-state index contributed by atoms with van der Waals surface area (Å²) < 4.78 is 1.86. The van der Waals surface area contributed by atoms with Crippen LogP contribution in [0.5, 0.6) is 0 Å². The summed E-state index contributed by atoms with van der Waals surface area (Å²) >= 11 is 0. The van der Waals surface area contributed by atoms with Crippen LogP contribution < -0.4 is 5.32 Å². The van der Waals surface area contributed by atoms with E-state index in [1.807, 2.05) is 25.0 Å². The number of hydrogen-bond acceptors (Lipinski definition) is 2. The van der Waals surface area contributed by atoms with Gasteiger partial charge >= 0.3 is 0 Å². The first-order chi connectivity index (χ1) is 6.26. The predicted octanol–water partition coefficient (Wildman–Crippen LogP) is 1.35. The van der Waals surface area contributed by atoms with Crippen molar-refractivity contribution >= 4 is 0 Å². The molecule has 0 aliphatic rings. The third-order valence-corrected chi connectivity index (χ3v) is 2.27. The fraction of sp³-hybridized carbons (Fsp3) is 0.700. The van der Waals surface area contributed by atoms with E-state index < -0.39 is 0 Å². The van der Waals surface area contributed by atoms with Crippen LogP contribution in [0.3, 0.4) is 0 Å². The van der Waals surface area contributed by atoms with Gasteiger partial charge < -0.3 is 5.32 Å². The Balaban J connectivity index is 2.46. The quantitative estimate of drug-likeness (QED) is 0.743. The van der Waals surface area contributed by atoms with Crippen LogP contribution in [-0.4, -0.2) is 22.9 Å². The average Bonchev–Trinajstić information content (AvgIpc) is 2.50. The van der Waals surface area contributed by atoms with E-state index in [1.165, 1.54) is 18.5 Å². The van der Waals surface area contributed by atoms with Crippen molar-refractivity contribution in [3.05, 3.63) is 18.0 Å². The maximum absolute atomic E-state index is 4.36. The number of aromatic nitrogens is 2. The Morgan fingerprint density at radius 2 is 2.38 bits per heavy atom. The van der Waals surface area contributed by atoms with Crippen LogP contribution in [0.1, 0.15) is 25.5 Å². The summed E-state index contributed by atoms with van der Waals surface area (Å²) in [5, 5.41) is 7.67. The topological polar surface area (TPSA) is 29.9 Å². The maximum atomic E-state index is 4.36. The average molecular weight is 181 g/mol. The lowest BCUT2D eigenvalue weighted by atomic mass is 10.1. The molecule has 1 atom stereocenters. The van der Waals surface area contributed by atoms with Gasteiger partial charge in [-0.3, -0.25) is 4.68 Å². The molecule has 74 valence electrons. The number of nitrogens with zero attached hydrogens (tertiary/aromatic N) is 2. The highest BCUT2D eigenvalue weighted by Gasteiger charge is 2.07. The fourth-order valence-electron chi connectivity index (χ4n) is 1.52. The molecule has 1 aromatic heterocycles. The van der Waals surface area contributed by atoms with E-state index in [-0.39, 0.29) is 0 Å². The predicted molar refractivity (Wildman–Crippen MR) is 54.7 cm³/mol. The molecule has 0 aliphatic carbocycles. The summed E-state index contributed by atoms with van der Waals surface area (Å²) in [5.74, 6) is 0. The third kappa shape index (κ3) is 3.19. The highest BCUT2D eigenvalue weighted by molar-refractivity contribution is 5.01. The van der Waals surface area contributed by atoms with E-state index in [2.05, 4.69) is 23.4 Å². The summed E-state index contributed by atoms with van der Waals surface area (Å²) in [6.07, 6.45) is 5.46. The first kappa shape index (κ1) is 10.3. The minimum atomic E-state index is 0.569. The smallest absolute Gasteiger partial charge is 0.0639 e. The summed E-state index contributed by atoms with van der Waals surface area (Å²) in [6.45, 7) is 2.21. The first-order valence-corrected chi connectivity index (χ1v) is 4.92. The molecule has 0 aromatic carbocycles. The molecule has 1 aromatic rings. The van der Waals surface area contributed by atoms with Gasteiger partial charge in [-0.15, -0.1) is 0 Å². The standard InChI is InChI=1S/C10H19N3/c1-4-5-9(11-2)8-10-6-7-13(3)12-10/h6-7,9,11H,4-5,8H2,1-3H3. The van der Waals surface area contributed by atoms with Gasteiger partial charge in [-0.1, -0.05) is 13.3 Å². The summed E-state index contributed by atoms with van der Waals surface area (Å²) in [5.41, 5.74) is 1.18. The van der Waals surface area contributed by atoms with Crippen LogP contribution in [0.15, 0.2) is 12.3 Å². The Hall–Kier alpha value is -0.830. The van der Waals surface area contributed by atoms with E-state index in [4.69, 9.17) is 0 Å². The van der Waals surface area contributed by atoms with E-state index in [0.29, 0.717) is 6.04 Å². The van der Waals surface area contributed by atoms with Crippen molar-refractivity contribution in [2.45, 2.75) is 32.2 Å². The van der Waals surface area contributed by atoms with Crippen molar-refractivity contribution in [1.29, 1.82) is 0 Å². The molecule has 0 bridgehead atoms. The summed E-state index contributed by atoms with van der Waals surface area (Å²) in [7, 11) is 3.97. The van der Waals surface area contributed by atoms with Crippen molar-refractivity contribution in [2.24, 2.45) is 7.05 Å². The minimum absolute atomic E-state index is 0.569. The molecular formula is C10H19N3. The van der Waals surface area contributed by atoms with Crippen molar-refractivity contribution in [3.63, 3.8) is 0 Å². The largest absolute Gasteiger partial charge is 0.317 e. The van der Waals surface area contributed by atoms with Gasteiger partial charge in [0, 0.05) is 25.7 Å². The maximum Gasteiger partial charge on any atom is 0.0639 e. The summed E-state index contributed by atoms with van der Waals surface area (Å²) in [6, 6.07) is 2.65. The number of hydrogen-bond donors (Lipinski definition) is 1. The minimum Gasteiger partial charge on any atom is -0.317 e. The number of nitrogens with one attached hydrogen (secondary N) is 1. The number of likely N-dealkylation sites (N-methyl/N-ethyl adjacent to an activating group) is 1. The molecule has 0 saturated heterocycles. The molecule has 0 spiro atoms. The SMILES string of the molecule is CCCC(Cc1ccn(C)n1)NC. The van der Waals surface area contributed by atoms with Gasteiger partial charge in [0.2, 0.25) is 0 Å². The van der Waals surface area contributed by atoms with Gasteiger partial charge in [0.25, 0.3) is 0 Å². The zero-order valence-corrected chi connectivity index (χ0v) is 8.75. The van der Waals surface area contributed by atoms with Crippen molar-refractivity contribution < 1.29 is 0 Å². The molecule has 1 N–H and O–H groups in total. The van der Waals surface area contributed by atoms with Crippen LogP contribution in [0.25, 0.3) is 0 Å². The lowest BCUT2D eigenvalue weighted by molar-refractivity contribution is 0.506. The molecular weight excluding hydrogens is 162 g/mol. The molecule has 3 nitrogen and oxygen atoms in total. The Kier molecular flexibility index (Phi) is 3.96. The second kappa shape index (κ2) is 5.02. The molecule has 0 saturated carbocycles. The second-order valence-electron chi connectivity index (χ2n) is 3.46. The summed E-state index contributed by atoms with van der Waals surface area (Å²) in [4.78, 5) is 0. The zero-order valence-electron chi connectivity index (χ0n) is 8.75. The molecule has 1 rings (SSSR count). The molecule has 1 unspecified atom stereocenters. The van der Waals surface area contributed by atoms with Crippen LogP contribution in [0.2, 0.25) is 0 Å². The van der Waals surface area contributed by atoms with Gasteiger partial charge in [0.1, 0.15) is 0 Å². The Morgan fingerprint density at radius 3 is 2.85 bits per heavy atom. The van der Waals surface area contributed by atoms with E-state index in [9.17, 15) is 0 Å². The fourth-order valence-corrected chi connectivity index (χ4v) is 1.52. The van der Waals surface area contributed by atoms with Crippen molar-refractivity contribution in [1.82, 2.24) is 15.1 Å². The zero-order chi connectivity index (χ0) is 9.68. The highest BCUT2D eigenvalue weighted by atomic mass is 15.2. The third-order valence-electron chi connectivity index (χ3n) is 2.27. The van der Waals surface area contributed by atoms with Crippen LogP contribution in [0, 0.1) is 0 Å². The molecule has 1 heterocycles. The number of rotatable bonds is 5. The van der Waals surface area contributed by atoms with Crippen LogP contribution in [-0.2, 0) is 13.5 Å². The van der Waals surface area contributed by atoms with Gasteiger partial charge in [0.15, 0.2) is 0 Å². The van der Waals surface area contributed by atoms with Crippen molar-refractivity contribution in [3.8, 4) is 0 Å². The van der Waals surface area contributed by atoms with Crippen LogP contribution >= 0.6 is 0 Å². The monoisotopic (exact) mass is 181 g/mol. The van der Waals surface area contributed by atoms with Gasteiger partial charge in [-0.05, 0) is 19.5 Å². The van der Waals surface area contributed by atoms with E-state index in [0.717, 1.165) is 6.42 Å². The molecule has 0 amide bonds. The van der Waals surface area contributed by atoms with Gasteiger partial charge in [0.05, 0.1) is 5.69 Å². The molecule has 0 aliphatic heterocycles. The van der Waals surface area contributed by atoms with Crippen molar-refractivity contribution in [2.75, 3.05) is 7.05 Å². The molecule has 3 heteroatoms.